The summed E-state index contributed by atoms with van der Waals surface area (Å²) in [6.45, 7) is 0. The molecule has 0 aliphatic heterocycles. The summed E-state index contributed by atoms with van der Waals surface area (Å²) in [4.78, 5) is 11.0. The van der Waals surface area contributed by atoms with Gasteiger partial charge in [0.2, 0.25) is 0 Å². The molecule has 2 N–H and O–H groups in total. The van der Waals surface area contributed by atoms with Crippen LogP contribution in [0, 0.1) is 0 Å². The van der Waals surface area contributed by atoms with E-state index in [1.165, 1.54) is 24.3 Å². The van der Waals surface area contributed by atoms with Crippen molar-refractivity contribution in [1.29, 1.82) is 0 Å². The van der Waals surface area contributed by atoms with Crippen molar-refractivity contribution >= 4 is 21.6 Å². The van der Waals surface area contributed by atoms with Crippen molar-refractivity contribution in [2.24, 2.45) is 0 Å². The van der Waals surface area contributed by atoms with E-state index in [0.29, 0.717) is 11.5 Å². The van der Waals surface area contributed by atoms with Crippen LogP contribution in [0.15, 0.2) is 83.8 Å². The minimum Gasteiger partial charge on any atom is -0.455 e. The Morgan fingerprint density at radius 2 is 1.46 bits per heavy atom. The fourth-order valence-corrected chi connectivity index (χ4v) is 3.31. The van der Waals surface area contributed by atoms with Gasteiger partial charge in [0.25, 0.3) is 15.9 Å². The molecule has 1 amide bonds. The average molecular weight is 367 g/mol. The number of para-hydroxylation sites is 3. The van der Waals surface area contributed by atoms with Crippen molar-refractivity contribution in [2.75, 3.05) is 4.72 Å². The molecule has 0 fully saturated rings. The Hall–Kier alpha value is -3.32. The van der Waals surface area contributed by atoms with Crippen molar-refractivity contribution in [3.8, 4) is 11.5 Å². The quantitative estimate of drug-likeness (QED) is 0.718. The maximum absolute atomic E-state index is 12.6. The minimum atomic E-state index is -3.87. The van der Waals surface area contributed by atoms with E-state index in [-0.39, 0.29) is 16.1 Å². The van der Waals surface area contributed by atoms with Gasteiger partial charge in [0, 0.05) is 5.56 Å². The van der Waals surface area contributed by atoms with Crippen LogP contribution in [0.3, 0.4) is 0 Å². The second kappa shape index (κ2) is 7.28. The zero-order chi connectivity index (χ0) is 18.6. The number of nitrogens with one attached hydrogen (secondary N) is 2. The molecule has 0 bridgehead atoms. The van der Waals surface area contributed by atoms with Crippen LogP contribution in [0.2, 0.25) is 0 Å². The maximum atomic E-state index is 12.6. The summed E-state index contributed by atoms with van der Waals surface area (Å²) in [7, 11) is -3.87. The fourth-order valence-electron chi connectivity index (χ4n) is 2.24. The monoisotopic (exact) mass is 367 g/mol. The topological polar surface area (TPSA) is 96.3 Å². The number of carbonyl (C=O) groups is 1. The van der Waals surface area contributed by atoms with Gasteiger partial charge < -0.3 is 4.74 Å². The molecule has 7 heteroatoms. The van der Waals surface area contributed by atoms with Crippen LogP contribution in [0.5, 0.6) is 11.5 Å². The molecule has 0 saturated heterocycles. The van der Waals surface area contributed by atoms with Crippen LogP contribution < -0.4 is 15.2 Å². The number of ether oxygens (including phenoxy) is 1. The van der Waals surface area contributed by atoms with E-state index in [1.807, 2.05) is 18.2 Å². The Balaban J connectivity index is 1.87. The molecule has 26 heavy (non-hydrogen) atoms. The summed E-state index contributed by atoms with van der Waals surface area (Å²) >= 11 is 0. The molecule has 0 aromatic heterocycles. The molecular weight excluding hydrogens is 352 g/mol. The number of benzene rings is 3. The smallest absolute Gasteiger partial charge is 0.269 e. The van der Waals surface area contributed by atoms with E-state index in [1.54, 1.807) is 36.4 Å². The first-order chi connectivity index (χ1) is 12.5. The van der Waals surface area contributed by atoms with Gasteiger partial charge in [-0.25, -0.2) is 8.42 Å². The molecule has 3 aromatic rings. The lowest BCUT2D eigenvalue weighted by Crippen LogP contribution is -2.13. The number of rotatable bonds is 6. The van der Waals surface area contributed by atoms with Gasteiger partial charge in [-0.3, -0.25) is 15.3 Å². The van der Waals surface area contributed by atoms with Crippen molar-refractivity contribution in [3.05, 3.63) is 84.4 Å². The summed E-state index contributed by atoms with van der Waals surface area (Å²) in [5.41, 5.74) is 7.45. The standard InChI is InChI=1S/C19H15N2O4S/c20-19(22)14-10-12-16(13-11-14)26(23,24)21-17-8-4-5-9-18(17)25-15-6-2-1-3-7-15/h1-13,20-21H. The molecule has 0 unspecified atom stereocenters. The number of hydrogen-bond acceptors (Lipinski definition) is 4. The lowest BCUT2D eigenvalue weighted by atomic mass is 10.2. The third-order valence-electron chi connectivity index (χ3n) is 3.53. The summed E-state index contributed by atoms with van der Waals surface area (Å²) < 4.78 is 33.4. The molecule has 0 saturated carbocycles. The zero-order valence-electron chi connectivity index (χ0n) is 13.5. The Bertz CT molecular complexity index is 1020. The Kier molecular flexibility index (Phi) is 4.90. The molecule has 0 aliphatic carbocycles. The van der Waals surface area contributed by atoms with Crippen molar-refractivity contribution in [3.63, 3.8) is 0 Å². The maximum Gasteiger partial charge on any atom is 0.269 e. The first kappa shape index (κ1) is 17.5. The molecule has 6 nitrogen and oxygen atoms in total. The van der Waals surface area contributed by atoms with Crippen LogP contribution in [-0.2, 0) is 10.0 Å². The molecule has 0 aliphatic rings. The molecule has 3 aromatic carbocycles. The van der Waals surface area contributed by atoms with Crippen molar-refractivity contribution < 1.29 is 17.9 Å². The summed E-state index contributed by atoms with van der Waals surface area (Å²) in [5, 5.41) is 0. The molecule has 0 spiro atoms. The van der Waals surface area contributed by atoms with Crippen LogP contribution >= 0.6 is 0 Å². The van der Waals surface area contributed by atoms with Crippen molar-refractivity contribution in [1.82, 2.24) is 5.73 Å². The highest BCUT2D eigenvalue weighted by atomic mass is 32.2. The highest BCUT2D eigenvalue weighted by molar-refractivity contribution is 7.92. The minimum absolute atomic E-state index is 0.0167. The third-order valence-corrected chi connectivity index (χ3v) is 4.91. The van der Waals surface area contributed by atoms with E-state index < -0.39 is 15.9 Å². The molecule has 0 heterocycles. The Morgan fingerprint density at radius 3 is 2.12 bits per heavy atom. The lowest BCUT2D eigenvalue weighted by Gasteiger charge is -2.13. The number of sulfonamides is 1. The predicted molar refractivity (Wildman–Crippen MR) is 97.6 cm³/mol. The number of amides is 1. The van der Waals surface area contributed by atoms with Gasteiger partial charge in [0.05, 0.1) is 10.6 Å². The zero-order valence-corrected chi connectivity index (χ0v) is 14.4. The van der Waals surface area contributed by atoms with Gasteiger partial charge in [-0.05, 0) is 48.5 Å². The van der Waals surface area contributed by atoms with Gasteiger partial charge in [-0.1, -0.05) is 30.3 Å². The average Bonchev–Trinajstić information content (AvgIpc) is 2.64. The summed E-state index contributed by atoms with van der Waals surface area (Å²) in [6, 6.07) is 20.9. The summed E-state index contributed by atoms with van der Waals surface area (Å²) in [6.07, 6.45) is 0. The highest BCUT2D eigenvalue weighted by Crippen LogP contribution is 2.30. The van der Waals surface area contributed by atoms with Crippen LogP contribution in [0.25, 0.3) is 0 Å². The molecule has 3 rings (SSSR count). The van der Waals surface area contributed by atoms with Crippen molar-refractivity contribution in [2.45, 2.75) is 4.90 Å². The predicted octanol–water partition coefficient (Wildman–Crippen LogP) is 3.70. The van der Waals surface area contributed by atoms with Gasteiger partial charge in [0.15, 0.2) is 5.75 Å². The van der Waals surface area contributed by atoms with E-state index >= 15 is 0 Å². The molecule has 131 valence electrons. The highest BCUT2D eigenvalue weighted by Gasteiger charge is 2.17. The number of hydrogen-bond donors (Lipinski definition) is 1. The van der Waals surface area contributed by atoms with E-state index in [9.17, 15) is 13.2 Å². The largest absolute Gasteiger partial charge is 0.455 e. The molecule has 1 radical (unpaired) electrons. The van der Waals surface area contributed by atoms with E-state index in [0.717, 1.165) is 0 Å². The van der Waals surface area contributed by atoms with Crippen LogP contribution in [0.1, 0.15) is 10.4 Å². The Labute approximate surface area is 151 Å². The van der Waals surface area contributed by atoms with Gasteiger partial charge >= 0.3 is 0 Å². The van der Waals surface area contributed by atoms with Crippen LogP contribution in [-0.4, -0.2) is 14.3 Å². The third kappa shape index (κ3) is 4.01. The van der Waals surface area contributed by atoms with Gasteiger partial charge in [0.1, 0.15) is 5.75 Å². The van der Waals surface area contributed by atoms with Gasteiger partial charge in [-0.2, -0.15) is 0 Å². The van der Waals surface area contributed by atoms with E-state index in [4.69, 9.17) is 10.5 Å². The second-order valence-electron chi connectivity index (χ2n) is 5.37. The fraction of sp³-hybridized carbons (Fsp3) is 0. The summed E-state index contributed by atoms with van der Waals surface area (Å²) in [5.74, 6) is 0.0706. The first-order valence-electron chi connectivity index (χ1n) is 7.66. The first-order valence-corrected chi connectivity index (χ1v) is 9.15. The molecular formula is C19H15N2O4S. The molecule has 0 atom stereocenters. The number of anilines is 1. The van der Waals surface area contributed by atoms with Crippen LogP contribution in [0.4, 0.5) is 5.69 Å². The van der Waals surface area contributed by atoms with Gasteiger partial charge in [-0.15, -0.1) is 0 Å². The lowest BCUT2D eigenvalue weighted by molar-refractivity contribution is 0.0992. The van der Waals surface area contributed by atoms with E-state index in [2.05, 4.69) is 4.72 Å². The SMILES string of the molecule is [NH]C(=O)c1ccc(S(=O)(=O)Nc2ccccc2Oc2ccccc2)cc1. The number of carbonyl (C=O) groups excluding carboxylic acids is 1. The second-order valence-corrected chi connectivity index (χ2v) is 7.05. The normalized spacial score (nSPS) is 10.9. The Morgan fingerprint density at radius 1 is 0.846 bits per heavy atom.